The summed E-state index contributed by atoms with van der Waals surface area (Å²) in [6, 6.07) is 0.413. The van der Waals surface area contributed by atoms with Crippen LogP contribution in [-0.2, 0) is 9.53 Å². The third-order valence-corrected chi connectivity index (χ3v) is 3.62. The minimum Gasteiger partial charge on any atom is -0.465 e. The normalized spacial score (nSPS) is 27.5. The highest BCUT2D eigenvalue weighted by atomic mass is 16.5. The smallest absolute Gasteiger partial charge is 0.327 e. The quantitative estimate of drug-likeness (QED) is 0.452. The van der Waals surface area contributed by atoms with E-state index in [0.717, 1.165) is 32.2 Å². The molecule has 1 fully saturated rings. The molecule has 5 heteroatoms. The second kappa shape index (κ2) is 7.48. The maximum Gasteiger partial charge on any atom is 0.327 e. The van der Waals surface area contributed by atoms with Crippen molar-refractivity contribution in [1.82, 2.24) is 4.90 Å². The Morgan fingerprint density at radius 3 is 2.63 bits per heavy atom. The van der Waals surface area contributed by atoms with E-state index in [1.807, 2.05) is 6.92 Å². The maximum atomic E-state index is 11.2. The Balaban J connectivity index is 2.41. The van der Waals surface area contributed by atoms with Crippen molar-refractivity contribution in [2.45, 2.75) is 58.1 Å². The Kier molecular flexibility index (Phi) is 6.28. The number of rotatable bonds is 6. The zero-order valence-corrected chi connectivity index (χ0v) is 12.3. The molecule has 0 aromatic heterocycles. The SMILES string of the molecule is CCOC(=O)C/N=C\N(CC)C1CCC(C)(O)CC1. The van der Waals surface area contributed by atoms with Gasteiger partial charge >= 0.3 is 5.97 Å². The number of aliphatic imine (C=N–C) groups is 1. The largest absolute Gasteiger partial charge is 0.465 e. The van der Waals surface area contributed by atoms with Crippen molar-refractivity contribution in [3.8, 4) is 0 Å². The number of aliphatic hydroxyl groups is 1. The van der Waals surface area contributed by atoms with Crippen LogP contribution in [0, 0.1) is 0 Å². The number of carbonyl (C=O) groups excluding carboxylic acids is 1. The van der Waals surface area contributed by atoms with E-state index in [1.54, 1.807) is 13.3 Å². The van der Waals surface area contributed by atoms with Crippen LogP contribution in [0.25, 0.3) is 0 Å². The van der Waals surface area contributed by atoms with Gasteiger partial charge in [-0.2, -0.15) is 0 Å². The first-order valence-corrected chi connectivity index (χ1v) is 7.12. The Labute approximate surface area is 115 Å². The molecule has 1 saturated carbocycles. The molecule has 0 heterocycles. The van der Waals surface area contributed by atoms with Crippen molar-refractivity contribution in [2.24, 2.45) is 4.99 Å². The van der Waals surface area contributed by atoms with Crippen LogP contribution in [0.3, 0.4) is 0 Å². The first-order valence-electron chi connectivity index (χ1n) is 7.12. The summed E-state index contributed by atoms with van der Waals surface area (Å²) in [6.45, 7) is 7.09. The monoisotopic (exact) mass is 270 g/mol. The van der Waals surface area contributed by atoms with Gasteiger partial charge in [-0.15, -0.1) is 0 Å². The third kappa shape index (κ3) is 5.59. The Bertz CT molecular complexity index is 306. The molecule has 5 nitrogen and oxygen atoms in total. The highest BCUT2D eigenvalue weighted by Crippen LogP contribution is 2.29. The van der Waals surface area contributed by atoms with E-state index in [9.17, 15) is 9.90 Å². The first kappa shape index (κ1) is 16.0. The fraction of sp³-hybridized carbons (Fsp3) is 0.857. The molecule has 0 saturated heterocycles. The van der Waals surface area contributed by atoms with Crippen LogP contribution < -0.4 is 0 Å². The van der Waals surface area contributed by atoms with Crippen LogP contribution in [0.15, 0.2) is 4.99 Å². The van der Waals surface area contributed by atoms with Gasteiger partial charge < -0.3 is 14.7 Å². The van der Waals surface area contributed by atoms with Crippen LogP contribution in [0.2, 0.25) is 0 Å². The molecule has 1 N–H and O–H groups in total. The summed E-state index contributed by atoms with van der Waals surface area (Å²) in [5.74, 6) is -0.290. The van der Waals surface area contributed by atoms with Crippen molar-refractivity contribution >= 4 is 12.3 Å². The summed E-state index contributed by atoms with van der Waals surface area (Å²) in [7, 11) is 0. The van der Waals surface area contributed by atoms with E-state index in [2.05, 4.69) is 16.8 Å². The molecule has 0 aromatic carbocycles. The molecule has 1 rings (SSSR count). The second-order valence-electron chi connectivity index (χ2n) is 5.32. The molecule has 0 spiro atoms. The van der Waals surface area contributed by atoms with Crippen LogP contribution >= 0.6 is 0 Å². The molecule has 1 aliphatic rings. The van der Waals surface area contributed by atoms with Crippen molar-refractivity contribution in [2.75, 3.05) is 19.7 Å². The van der Waals surface area contributed by atoms with Gasteiger partial charge in [0.1, 0.15) is 6.54 Å². The lowest BCUT2D eigenvalue weighted by Crippen LogP contribution is -2.41. The lowest BCUT2D eigenvalue weighted by atomic mass is 9.83. The highest BCUT2D eigenvalue weighted by Gasteiger charge is 2.30. The lowest BCUT2D eigenvalue weighted by Gasteiger charge is -2.38. The summed E-state index contributed by atoms with van der Waals surface area (Å²) in [6.07, 6.45) is 5.32. The van der Waals surface area contributed by atoms with Gasteiger partial charge in [-0.05, 0) is 46.5 Å². The van der Waals surface area contributed by atoms with E-state index in [4.69, 9.17) is 4.74 Å². The topological polar surface area (TPSA) is 62.1 Å². The molecule has 0 unspecified atom stereocenters. The molecule has 0 aliphatic heterocycles. The number of hydrogen-bond donors (Lipinski definition) is 1. The molecule has 0 bridgehead atoms. The molecule has 0 amide bonds. The lowest BCUT2D eigenvalue weighted by molar-refractivity contribution is -0.141. The third-order valence-electron chi connectivity index (χ3n) is 3.62. The summed E-state index contributed by atoms with van der Waals surface area (Å²) >= 11 is 0. The summed E-state index contributed by atoms with van der Waals surface area (Å²) in [4.78, 5) is 17.5. The van der Waals surface area contributed by atoms with Gasteiger partial charge in [0.2, 0.25) is 0 Å². The molecule has 0 atom stereocenters. The van der Waals surface area contributed by atoms with Crippen molar-refractivity contribution < 1.29 is 14.6 Å². The van der Waals surface area contributed by atoms with Gasteiger partial charge in [-0.1, -0.05) is 0 Å². The molecule has 0 aromatic rings. The van der Waals surface area contributed by atoms with Gasteiger partial charge in [-0.3, -0.25) is 9.79 Å². The zero-order valence-electron chi connectivity index (χ0n) is 12.3. The summed E-state index contributed by atoms with van der Waals surface area (Å²) < 4.78 is 4.83. The van der Waals surface area contributed by atoms with E-state index in [1.165, 1.54) is 0 Å². The zero-order chi connectivity index (χ0) is 14.3. The molecule has 1 aliphatic carbocycles. The summed E-state index contributed by atoms with van der Waals surface area (Å²) in [5, 5.41) is 9.94. The van der Waals surface area contributed by atoms with Gasteiger partial charge in [0, 0.05) is 12.6 Å². The van der Waals surface area contributed by atoms with Crippen LogP contribution in [0.1, 0.15) is 46.5 Å². The highest BCUT2D eigenvalue weighted by molar-refractivity contribution is 5.73. The van der Waals surface area contributed by atoms with E-state index in [-0.39, 0.29) is 12.5 Å². The minimum absolute atomic E-state index is 0.0782. The van der Waals surface area contributed by atoms with Crippen molar-refractivity contribution in [1.29, 1.82) is 0 Å². The van der Waals surface area contributed by atoms with Gasteiger partial charge in [-0.25, -0.2) is 0 Å². The Hall–Kier alpha value is -1.10. The fourth-order valence-corrected chi connectivity index (χ4v) is 2.42. The summed E-state index contributed by atoms with van der Waals surface area (Å²) in [5.41, 5.74) is -0.516. The van der Waals surface area contributed by atoms with Crippen molar-refractivity contribution in [3.05, 3.63) is 0 Å². The first-order chi connectivity index (χ1) is 8.98. The standard InChI is InChI=1S/C14H26N2O3/c1-4-16(11-15-10-13(17)19-5-2)12-6-8-14(3,18)9-7-12/h11-12,18H,4-10H2,1-3H3/b15-11-. The number of carbonyl (C=O) groups is 1. The maximum absolute atomic E-state index is 11.2. The number of nitrogens with zero attached hydrogens (tertiary/aromatic N) is 2. The number of esters is 1. The predicted molar refractivity (Wildman–Crippen MR) is 75.3 cm³/mol. The van der Waals surface area contributed by atoms with E-state index >= 15 is 0 Å². The number of ether oxygens (including phenoxy) is 1. The van der Waals surface area contributed by atoms with E-state index in [0.29, 0.717) is 12.6 Å². The minimum atomic E-state index is -0.516. The van der Waals surface area contributed by atoms with Crippen LogP contribution in [0.4, 0.5) is 0 Å². The van der Waals surface area contributed by atoms with Gasteiger partial charge in [0.15, 0.2) is 0 Å². The molecule has 110 valence electrons. The molecule has 19 heavy (non-hydrogen) atoms. The molecular formula is C14H26N2O3. The van der Waals surface area contributed by atoms with Gasteiger partial charge in [0.25, 0.3) is 0 Å². The molecular weight excluding hydrogens is 244 g/mol. The van der Waals surface area contributed by atoms with Crippen molar-refractivity contribution in [3.63, 3.8) is 0 Å². The molecule has 0 radical (unpaired) electrons. The van der Waals surface area contributed by atoms with Gasteiger partial charge in [0.05, 0.1) is 18.5 Å². The van der Waals surface area contributed by atoms with Crippen LogP contribution in [0.5, 0.6) is 0 Å². The average Bonchev–Trinajstić information content (AvgIpc) is 2.36. The predicted octanol–water partition coefficient (Wildman–Crippen LogP) is 1.59. The Morgan fingerprint density at radius 2 is 2.11 bits per heavy atom. The fourth-order valence-electron chi connectivity index (χ4n) is 2.42. The average molecular weight is 270 g/mol. The number of hydrogen-bond acceptors (Lipinski definition) is 4. The van der Waals surface area contributed by atoms with E-state index < -0.39 is 5.60 Å². The Morgan fingerprint density at radius 1 is 1.47 bits per heavy atom. The van der Waals surface area contributed by atoms with Crippen LogP contribution in [-0.4, -0.2) is 53.7 Å². The second-order valence-corrected chi connectivity index (χ2v) is 5.32.